The van der Waals surface area contributed by atoms with Crippen LogP contribution < -0.4 is 4.74 Å². The van der Waals surface area contributed by atoms with E-state index in [9.17, 15) is 9.59 Å². The molecule has 0 N–H and O–H groups in total. The molecular weight excluding hydrogens is 571 g/mol. The average molecular weight is 608 g/mol. The first-order chi connectivity index (χ1) is 20.1. The number of methoxy groups -OCH3 is 1. The molecule has 1 aliphatic heterocycles. The first kappa shape index (κ1) is 30.0. The van der Waals surface area contributed by atoms with Crippen molar-refractivity contribution in [1.82, 2.24) is 9.80 Å². The summed E-state index contributed by atoms with van der Waals surface area (Å²) in [5.41, 5.74) is 4.58. The molecule has 0 unspecified atom stereocenters. The monoisotopic (exact) mass is 606 g/mol. The molecular formula is C34H36Cl2N2O4. The summed E-state index contributed by atoms with van der Waals surface area (Å²) >= 11 is 12.8. The summed E-state index contributed by atoms with van der Waals surface area (Å²) in [6.07, 6.45) is 1.94. The third-order valence-corrected chi connectivity index (χ3v) is 8.36. The lowest BCUT2D eigenvalue weighted by Crippen LogP contribution is -2.44. The molecule has 8 heteroatoms. The molecule has 220 valence electrons. The van der Waals surface area contributed by atoms with Crippen molar-refractivity contribution in [1.29, 1.82) is 0 Å². The Labute approximate surface area is 257 Å². The van der Waals surface area contributed by atoms with E-state index in [0.29, 0.717) is 35.1 Å². The smallest absolute Gasteiger partial charge is 0.410 e. The van der Waals surface area contributed by atoms with Gasteiger partial charge in [0.05, 0.1) is 23.7 Å². The highest BCUT2D eigenvalue weighted by Gasteiger charge is 2.38. The van der Waals surface area contributed by atoms with Crippen molar-refractivity contribution in [2.24, 2.45) is 0 Å². The minimum atomic E-state index is -0.641. The third kappa shape index (κ3) is 6.77. The zero-order valence-corrected chi connectivity index (χ0v) is 26.0. The number of para-hydroxylation sites is 1. The van der Waals surface area contributed by atoms with Crippen LogP contribution in [0.3, 0.4) is 0 Å². The van der Waals surface area contributed by atoms with Gasteiger partial charge in [0, 0.05) is 30.3 Å². The van der Waals surface area contributed by atoms with E-state index in [2.05, 4.69) is 6.07 Å². The highest BCUT2D eigenvalue weighted by Crippen LogP contribution is 2.38. The van der Waals surface area contributed by atoms with Crippen molar-refractivity contribution in [3.8, 4) is 16.9 Å². The quantitative estimate of drug-likeness (QED) is 0.271. The zero-order valence-electron chi connectivity index (χ0n) is 24.5. The predicted octanol–water partition coefficient (Wildman–Crippen LogP) is 8.25. The Morgan fingerprint density at radius 3 is 2.40 bits per heavy atom. The molecule has 3 aromatic rings. The van der Waals surface area contributed by atoms with Crippen molar-refractivity contribution in [3.05, 3.63) is 93.5 Å². The van der Waals surface area contributed by atoms with Gasteiger partial charge in [-0.15, -0.1) is 0 Å². The van der Waals surface area contributed by atoms with Gasteiger partial charge in [-0.3, -0.25) is 4.79 Å². The molecule has 1 saturated carbocycles. The highest BCUT2D eigenvalue weighted by molar-refractivity contribution is 6.42. The lowest BCUT2D eigenvalue weighted by molar-refractivity contribution is -0.128. The molecule has 0 saturated heterocycles. The van der Waals surface area contributed by atoms with Crippen molar-refractivity contribution < 1.29 is 19.1 Å². The summed E-state index contributed by atoms with van der Waals surface area (Å²) in [5.74, 6) is 0.678. The van der Waals surface area contributed by atoms with Gasteiger partial charge < -0.3 is 19.3 Å². The van der Waals surface area contributed by atoms with Crippen LogP contribution in [-0.2, 0) is 16.1 Å². The van der Waals surface area contributed by atoms with Crippen molar-refractivity contribution in [2.45, 2.75) is 58.2 Å². The number of halogens is 2. The summed E-state index contributed by atoms with van der Waals surface area (Å²) in [5, 5.41) is 0.912. The number of amides is 2. The van der Waals surface area contributed by atoms with Crippen LogP contribution in [0.1, 0.15) is 51.2 Å². The number of ether oxygens (including phenoxy) is 2. The van der Waals surface area contributed by atoms with Gasteiger partial charge in [-0.05, 0) is 80.5 Å². The van der Waals surface area contributed by atoms with Crippen LogP contribution >= 0.6 is 23.2 Å². The van der Waals surface area contributed by atoms with E-state index in [0.717, 1.165) is 46.4 Å². The molecule has 2 aliphatic rings. The second kappa shape index (κ2) is 12.4. The molecule has 6 nitrogen and oxygen atoms in total. The number of carbonyl (C=O) groups is 2. The minimum Gasteiger partial charge on any atom is -0.496 e. The Morgan fingerprint density at radius 1 is 0.976 bits per heavy atom. The summed E-state index contributed by atoms with van der Waals surface area (Å²) in [6.45, 7) is 6.48. The Balaban J connectivity index is 1.56. The maximum atomic E-state index is 14.5. The highest BCUT2D eigenvalue weighted by atomic mass is 35.5. The summed E-state index contributed by atoms with van der Waals surface area (Å²) in [4.78, 5) is 31.1. The molecule has 42 heavy (non-hydrogen) atoms. The molecule has 0 bridgehead atoms. The second-order valence-electron chi connectivity index (χ2n) is 11.8. The van der Waals surface area contributed by atoms with E-state index in [-0.39, 0.29) is 18.5 Å². The van der Waals surface area contributed by atoms with E-state index < -0.39 is 11.7 Å². The lowest BCUT2D eigenvalue weighted by atomic mass is 9.90. The Morgan fingerprint density at radius 2 is 1.69 bits per heavy atom. The maximum absolute atomic E-state index is 14.5. The van der Waals surface area contributed by atoms with Gasteiger partial charge >= 0.3 is 6.09 Å². The number of nitrogens with zero attached hydrogens (tertiary/aromatic N) is 2. The Bertz CT molecular complexity index is 1520. The van der Waals surface area contributed by atoms with Crippen LogP contribution in [0, 0.1) is 0 Å². The van der Waals surface area contributed by atoms with Gasteiger partial charge in [0.15, 0.2) is 0 Å². The number of carbonyl (C=O) groups excluding carboxylic acids is 2. The fraction of sp³-hybridized carbons (Fsp3) is 0.353. The number of hydrogen-bond acceptors (Lipinski definition) is 4. The Hall–Kier alpha value is -3.48. The van der Waals surface area contributed by atoms with E-state index in [1.165, 1.54) is 0 Å². The van der Waals surface area contributed by atoms with E-state index in [1.807, 2.05) is 80.3 Å². The Kier molecular flexibility index (Phi) is 8.86. The van der Waals surface area contributed by atoms with Gasteiger partial charge in [0.1, 0.15) is 11.4 Å². The molecule has 1 fully saturated rings. The van der Waals surface area contributed by atoms with Crippen molar-refractivity contribution in [2.75, 3.05) is 20.2 Å². The van der Waals surface area contributed by atoms with Crippen LogP contribution in [0.5, 0.6) is 5.75 Å². The molecule has 1 heterocycles. The van der Waals surface area contributed by atoms with Crippen molar-refractivity contribution in [3.63, 3.8) is 0 Å². The molecule has 2 amide bonds. The van der Waals surface area contributed by atoms with Crippen LogP contribution in [0.4, 0.5) is 4.79 Å². The SMILES string of the molecule is COc1ccccc1-c1cccc(C2=C(C(=O)N(Cc3cccc(Cl)c3Cl)C3CC3)CN(C(=O)OC(C)(C)C)CC2)c1. The molecule has 0 atom stereocenters. The first-order valence-corrected chi connectivity index (χ1v) is 15.0. The standard InChI is InChI=1S/C34H36Cl2N2O4/c1-34(2,3)42-33(40)37-18-17-26(22-9-7-10-23(19-22)27-12-5-6-14-30(27)41-4)28(21-37)32(39)38(25-15-16-25)20-24-11-8-13-29(35)31(24)36/h5-14,19,25H,15-18,20-21H2,1-4H3. The molecule has 1 aliphatic carbocycles. The van der Waals surface area contributed by atoms with Crippen LogP contribution in [-0.4, -0.2) is 53.6 Å². The van der Waals surface area contributed by atoms with Gasteiger partial charge in [-0.1, -0.05) is 71.7 Å². The molecule has 0 spiro atoms. The van der Waals surface area contributed by atoms with Crippen LogP contribution in [0.15, 0.2) is 72.3 Å². The van der Waals surface area contributed by atoms with Gasteiger partial charge in [-0.25, -0.2) is 4.79 Å². The van der Waals surface area contributed by atoms with Gasteiger partial charge in [0.25, 0.3) is 5.91 Å². The van der Waals surface area contributed by atoms with Gasteiger partial charge in [0.2, 0.25) is 0 Å². The second-order valence-corrected chi connectivity index (χ2v) is 12.6. The molecule has 5 rings (SSSR count). The van der Waals surface area contributed by atoms with E-state index >= 15 is 0 Å². The van der Waals surface area contributed by atoms with E-state index in [1.54, 1.807) is 18.1 Å². The molecule has 3 aromatic carbocycles. The fourth-order valence-corrected chi connectivity index (χ4v) is 5.68. The van der Waals surface area contributed by atoms with Crippen molar-refractivity contribution >= 4 is 40.8 Å². The zero-order chi connectivity index (χ0) is 30.0. The number of hydrogen-bond donors (Lipinski definition) is 0. The minimum absolute atomic E-state index is 0.0977. The third-order valence-electron chi connectivity index (χ3n) is 7.50. The average Bonchev–Trinajstić information content (AvgIpc) is 3.82. The summed E-state index contributed by atoms with van der Waals surface area (Å²) in [6, 6.07) is 21.6. The van der Waals surface area contributed by atoms with Gasteiger partial charge in [-0.2, -0.15) is 0 Å². The topological polar surface area (TPSA) is 59.1 Å². The lowest BCUT2D eigenvalue weighted by Gasteiger charge is -2.34. The summed E-state index contributed by atoms with van der Waals surface area (Å²) < 4.78 is 11.3. The van der Waals surface area contributed by atoms with Crippen LogP contribution in [0.2, 0.25) is 10.0 Å². The number of benzene rings is 3. The molecule has 0 aromatic heterocycles. The van der Waals surface area contributed by atoms with Crippen LogP contribution in [0.25, 0.3) is 16.7 Å². The number of rotatable bonds is 7. The van der Waals surface area contributed by atoms with E-state index in [4.69, 9.17) is 32.7 Å². The maximum Gasteiger partial charge on any atom is 0.410 e. The molecule has 0 radical (unpaired) electrons. The normalized spacial score (nSPS) is 15.4. The first-order valence-electron chi connectivity index (χ1n) is 14.2. The fourth-order valence-electron chi connectivity index (χ4n) is 5.30. The largest absolute Gasteiger partial charge is 0.496 e. The summed E-state index contributed by atoms with van der Waals surface area (Å²) in [7, 11) is 1.66. The predicted molar refractivity (Wildman–Crippen MR) is 168 cm³/mol.